The lowest BCUT2D eigenvalue weighted by Crippen LogP contribution is -2.03. The molecule has 4 heteroatoms. The number of aliphatic hydroxyl groups is 1. The minimum atomic E-state index is -0.712. The smallest absolute Gasteiger partial charge is 0.128 e. The number of rotatable bonds is 4. The van der Waals surface area contributed by atoms with Crippen molar-refractivity contribution in [1.29, 1.82) is 0 Å². The number of methoxy groups -OCH3 is 2. The van der Waals surface area contributed by atoms with E-state index in [0.29, 0.717) is 11.5 Å². The predicted octanol–water partition coefficient (Wildman–Crippen LogP) is 3.39. The maximum Gasteiger partial charge on any atom is 0.128 e. The summed E-state index contributed by atoms with van der Waals surface area (Å²) in [6, 6.07) is 13.2. The van der Waals surface area contributed by atoms with Crippen LogP contribution in [0.1, 0.15) is 17.2 Å². The van der Waals surface area contributed by atoms with Crippen molar-refractivity contribution in [3.63, 3.8) is 0 Å². The summed E-state index contributed by atoms with van der Waals surface area (Å²) >= 11 is 2.23. The van der Waals surface area contributed by atoms with Gasteiger partial charge < -0.3 is 14.6 Å². The fraction of sp³-hybridized carbons (Fsp3) is 0.200. The highest BCUT2D eigenvalue weighted by atomic mass is 127. The Hall–Kier alpha value is -1.27. The molecule has 2 rings (SSSR count). The van der Waals surface area contributed by atoms with Gasteiger partial charge in [0.2, 0.25) is 0 Å². The van der Waals surface area contributed by atoms with Crippen molar-refractivity contribution < 1.29 is 14.6 Å². The summed E-state index contributed by atoms with van der Waals surface area (Å²) in [7, 11) is 3.18. The average Bonchev–Trinajstić information content (AvgIpc) is 2.45. The summed E-state index contributed by atoms with van der Waals surface area (Å²) in [5.74, 6) is 1.32. The minimum absolute atomic E-state index is 0.616. The largest absolute Gasteiger partial charge is 0.497 e. The van der Waals surface area contributed by atoms with Gasteiger partial charge in [0, 0.05) is 15.2 Å². The van der Waals surface area contributed by atoms with E-state index in [9.17, 15) is 5.11 Å². The third-order valence-corrected chi connectivity index (χ3v) is 3.57. The third kappa shape index (κ3) is 3.19. The van der Waals surface area contributed by atoms with Crippen LogP contribution in [-0.2, 0) is 0 Å². The van der Waals surface area contributed by atoms with Crippen molar-refractivity contribution in [2.45, 2.75) is 6.10 Å². The molecule has 100 valence electrons. The molecule has 0 aliphatic heterocycles. The van der Waals surface area contributed by atoms with Crippen LogP contribution in [0.2, 0.25) is 0 Å². The number of hydrogen-bond donors (Lipinski definition) is 1. The first-order chi connectivity index (χ1) is 9.15. The van der Waals surface area contributed by atoms with E-state index in [1.807, 2.05) is 36.4 Å². The SMILES string of the molecule is COc1ccc(C(O)c2cccc(I)c2)c(OC)c1. The summed E-state index contributed by atoms with van der Waals surface area (Å²) in [5.41, 5.74) is 1.57. The average molecular weight is 370 g/mol. The van der Waals surface area contributed by atoms with Crippen molar-refractivity contribution >= 4 is 22.6 Å². The van der Waals surface area contributed by atoms with Gasteiger partial charge in [-0.25, -0.2) is 0 Å². The highest BCUT2D eigenvalue weighted by Crippen LogP contribution is 2.33. The molecule has 0 aliphatic carbocycles. The van der Waals surface area contributed by atoms with Gasteiger partial charge in [0.05, 0.1) is 14.2 Å². The topological polar surface area (TPSA) is 38.7 Å². The molecule has 0 fully saturated rings. The number of hydrogen-bond acceptors (Lipinski definition) is 3. The lowest BCUT2D eigenvalue weighted by atomic mass is 10.0. The second-order valence-corrected chi connectivity index (χ2v) is 5.31. The Balaban J connectivity index is 2.40. The van der Waals surface area contributed by atoms with Gasteiger partial charge >= 0.3 is 0 Å². The lowest BCUT2D eigenvalue weighted by Gasteiger charge is -2.16. The molecule has 0 saturated heterocycles. The van der Waals surface area contributed by atoms with Crippen molar-refractivity contribution in [1.82, 2.24) is 0 Å². The standard InChI is InChI=1S/C15H15IO3/c1-18-12-6-7-13(14(9-12)19-2)15(17)10-4-3-5-11(16)8-10/h3-9,15,17H,1-2H3. The molecular weight excluding hydrogens is 355 g/mol. The summed E-state index contributed by atoms with van der Waals surface area (Å²) < 4.78 is 11.6. The molecule has 0 spiro atoms. The van der Waals surface area contributed by atoms with Crippen LogP contribution in [0.3, 0.4) is 0 Å². The Morgan fingerprint density at radius 3 is 2.47 bits per heavy atom. The van der Waals surface area contributed by atoms with E-state index in [1.54, 1.807) is 20.3 Å². The molecule has 2 aromatic rings. The number of aliphatic hydroxyl groups excluding tert-OH is 1. The summed E-state index contributed by atoms with van der Waals surface area (Å²) in [6.07, 6.45) is -0.712. The van der Waals surface area contributed by atoms with Crippen molar-refractivity contribution in [2.24, 2.45) is 0 Å². The van der Waals surface area contributed by atoms with Crippen LogP contribution in [0.4, 0.5) is 0 Å². The lowest BCUT2D eigenvalue weighted by molar-refractivity contribution is 0.214. The van der Waals surface area contributed by atoms with Crippen LogP contribution >= 0.6 is 22.6 Å². The predicted molar refractivity (Wildman–Crippen MR) is 82.8 cm³/mol. The fourth-order valence-corrected chi connectivity index (χ4v) is 2.47. The first kappa shape index (κ1) is 14.1. The fourth-order valence-electron chi connectivity index (χ4n) is 1.90. The molecule has 0 saturated carbocycles. The van der Waals surface area contributed by atoms with Gasteiger partial charge in [-0.15, -0.1) is 0 Å². The molecule has 1 atom stereocenters. The van der Waals surface area contributed by atoms with Gasteiger partial charge in [0.25, 0.3) is 0 Å². The first-order valence-corrected chi connectivity index (χ1v) is 6.89. The third-order valence-electron chi connectivity index (χ3n) is 2.90. The van der Waals surface area contributed by atoms with E-state index in [1.165, 1.54) is 0 Å². The zero-order valence-corrected chi connectivity index (χ0v) is 12.9. The zero-order valence-electron chi connectivity index (χ0n) is 10.8. The minimum Gasteiger partial charge on any atom is -0.497 e. The van der Waals surface area contributed by atoms with Crippen molar-refractivity contribution in [2.75, 3.05) is 14.2 Å². The van der Waals surface area contributed by atoms with Crippen LogP contribution in [0.5, 0.6) is 11.5 Å². The molecule has 0 bridgehead atoms. The Morgan fingerprint density at radius 1 is 1.05 bits per heavy atom. The monoisotopic (exact) mass is 370 g/mol. The Kier molecular flexibility index (Phi) is 4.66. The van der Waals surface area contributed by atoms with E-state index in [-0.39, 0.29) is 0 Å². The van der Waals surface area contributed by atoms with Crippen LogP contribution in [0.25, 0.3) is 0 Å². The Labute approximate surface area is 126 Å². The van der Waals surface area contributed by atoms with Gasteiger partial charge in [-0.3, -0.25) is 0 Å². The number of benzene rings is 2. The normalized spacial score (nSPS) is 12.0. The maximum atomic E-state index is 10.5. The van der Waals surface area contributed by atoms with Crippen LogP contribution in [-0.4, -0.2) is 19.3 Å². The molecule has 0 amide bonds. The number of halogens is 1. The van der Waals surface area contributed by atoms with E-state index in [4.69, 9.17) is 9.47 Å². The summed E-state index contributed by atoms with van der Waals surface area (Å²) in [4.78, 5) is 0. The molecule has 19 heavy (non-hydrogen) atoms. The van der Waals surface area contributed by atoms with Crippen molar-refractivity contribution in [3.05, 3.63) is 57.2 Å². The highest BCUT2D eigenvalue weighted by Gasteiger charge is 2.16. The van der Waals surface area contributed by atoms with Gasteiger partial charge in [0.1, 0.15) is 17.6 Å². The molecule has 0 aliphatic rings. The van der Waals surface area contributed by atoms with E-state index in [2.05, 4.69) is 22.6 Å². The molecule has 1 N–H and O–H groups in total. The van der Waals surface area contributed by atoms with Gasteiger partial charge in [-0.2, -0.15) is 0 Å². The van der Waals surface area contributed by atoms with E-state index in [0.717, 1.165) is 14.7 Å². The van der Waals surface area contributed by atoms with Gasteiger partial charge in [0.15, 0.2) is 0 Å². The number of ether oxygens (including phenoxy) is 2. The highest BCUT2D eigenvalue weighted by molar-refractivity contribution is 14.1. The summed E-state index contributed by atoms with van der Waals surface area (Å²) in [6.45, 7) is 0. The van der Waals surface area contributed by atoms with Crippen molar-refractivity contribution in [3.8, 4) is 11.5 Å². The molecule has 2 aromatic carbocycles. The molecule has 1 unspecified atom stereocenters. The second-order valence-electron chi connectivity index (χ2n) is 4.07. The van der Waals surface area contributed by atoms with Crippen LogP contribution < -0.4 is 9.47 Å². The quantitative estimate of drug-likeness (QED) is 0.839. The van der Waals surface area contributed by atoms with E-state index >= 15 is 0 Å². The molecule has 0 heterocycles. The Morgan fingerprint density at radius 2 is 1.84 bits per heavy atom. The second kappa shape index (κ2) is 6.25. The zero-order chi connectivity index (χ0) is 13.8. The molecule has 0 radical (unpaired) electrons. The Bertz CT molecular complexity index is 569. The molecule has 3 nitrogen and oxygen atoms in total. The van der Waals surface area contributed by atoms with Crippen LogP contribution in [0, 0.1) is 3.57 Å². The molecular formula is C15H15IO3. The van der Waals surface area contributed by atoms with Crippen LogP contribution in [0.15, 0.2) is 42.5 Å². The molecule has 0 aromatic heterocycles. The van der Waals surface area contributed by atoms with E-state index < -0.39 is 6.10 Å². The van der Waals surface area contributed by atoms with Gasteiger partial charge in [-0.05, 0) is 52.4 Å². The summed E-state index contributed by atoms with van der Waals surface area (Å²) in [5, 5.41) is 10.5. The maximum absolute atomic E-state index is 10.5. The van der Waals surface area contributed by atoms with Gasteiger partial charge in [-0.1, -0.05) is 12.1 Å². The first-order valence-electron chi connectivity index (χ1n) is 5.81.